The predicted molar refractivity (Wildman–Crippen MR) is 133 cm³/mol. The van der Waals surface area contributed by atoms with Gasteiger partial charge in [-0.1, -0.05) is 12.1 Å². The number of nitrogens with one attached hydrogen (secondary N) is 2. The minimum Gasteiger partial charge on any atom is -0.481 e. The average Bonchev–Trinajstić information content (AvgIpc) is 3.34. The summed E-state index contributed by atoms with van der Waals surface area (Å²) in [6.45, 7) is 5.10. The molecule has 0 aliphatic carbocycles. The molecule has 1 aliphatic heterocycles. The Balaban J connectivity index is 1.31. The minimum absolute atomic E-state index is 0.253. The van der Waals surface area contributed by atoms with Gasteiger partial charge < -0.3 is 20.3 Å². The van der Waals surface area contributed by atoms with Gasteiger partial charge in [0.25, 0.3) is 0 Å². The van der Waals surface area contributed by atoms with Crippen molar-refractivity contribution in [1.29, 1.82) is 0 Å². The molecule has 3 N–H and O–H groups in total. The number of benzene rings is 1. The molecule has 174 valence electrons. The number of hydrogen-bond donors (Lipinski definition) is 3. The highest BCUT2D eigenvalue weighted by atomic mass is 16.4. The van der Waals surface area contributed by atoms with Crippen LogP contribution in [0.5, 0.6) is 0 Å². The van der Waals surface area contributed by atoms with Crippen LogP contribution in [0, 0.1) is 12.8 Å². The molecule has 1 aliphatic rings. The normalized spacial score (nSPS) is 16.6. The van der Waals surface area contributed by atoms with Crippen LogP contribution < -0.4 is 5.32 Å². The summed E-state index contributed by atoms with van der Waals surface area (Å²) in [7, 11) is 0. The zero-order chi connectivity index (χ0) is 23.5. The molecule has 0 amide bonds. The van der Waals surface area contributed by atoms with E-state index in [4.69, 9.17) is 0 Å². The number of pyridine rings is 2. The maximum atomic E-state index is 11.3. The van der Waals surface area contributed by atoms with Crippen molar-refractivity contribution in [2.24, 2.45) is 5.92 Å². The first-order valence-electron chi connectivity index (χ1n) is 11.6. The number of imidazole rings is 1. The SMILES string of the molecule is Cc1cccc(-c2[nH]cnc2-c2ccc3ncc(NCCN4CCC[C@@H](C(=O)O)C4)cc3c2)n1. The Kier molecular flexibility index (Phi) is 6.22. The third kappa shape index (κ3) is 4.77. The lowest BCUT2D eigenvalue weighted by Crippen LogP contribution is -2.40. The van der Waals surface area contributed by atoms with E-state index in [-0.39, 0.29) is 5.92 Å². The average molecular weight is 457 g/mol. The first-order chi connectivity index (χ1) is 16.6. The summed E-state index contributed by atoms with van der Waals surface area (Å²) in [5.74, 6) is -0.943. The van der Waals surface area contributed by atoms with Gasteiger partial charge in [-0.25, -0.2) is 4.98 Å². The monoisotopic (exact) mass is 456 g/mol. The van der Waals surface area contributed by atoms with Gasteiger partial charge in [0.1, 0.15) is 0 Å². The number of hydrogen-bond acceptors (Lipinski definition) is 6. The van der Waals surface area contributed by atoms with Crippen molar-refractivity contribution in [1.82, 2.24) is 24.8 Å². The summed E-state index contributed by atoms with van der Waals surface area (Å²) in [6, 6.07) is 14.2. The molecular formula is C26H28N6O2. The number of nitrogens with zero attached hydrogens (tertiary/aromatic N) is 4. The van der Waals surface area contributed by atoms with Gasteiger partial charge in [0, 0.05) is 36.3 Å². The number of piperidine rings is 1. The number of fused-ring (bicyclic) bond motifs is 1. The van der Waals surface area contributed by atoms with Crippen molar-refractivity contribution < 1.29 is 9.90 Å². The molecule has 0 saturated carbocycles. The van der Waals surface area contributed by atoms with Crippen LogP contribution in [-0.2, 0) is 4.79 Å². The molecule has 1 atom stereocenters. The zero-order valence-corrected chi connectivity index (χ0v) is 19.2. The number of H-pyrrole nitrogens is 1. The van der Waals surface area contributed by atoms with Gasteiger partial charge in [-0.05, 0) is 56.6 Å². The number of carbonyl (C=O) groups is 1. The van der Waals surface area contributed by atoms with Gasteiger partial charge in [-0.15, -0.1) is 0 Å². The first-order valence-corrected chi connectivity index (χ1v) is 11.6. The molecule has 0 radical (unpaired) electrons. The lowest BCUT2D eigenvalue weighted by Gasteiger charge is -2.30. The van der Waals surface area contributed by atoms with Crippen LogP contribution in [0.3, 0.4) is 0 Å². The summed E-state index contributed by atoms with van der Waals surface area (Å²) in [4.78, 5) is 30.5. The quantitative estimate of drug-likeness (QED) is 0.382. The number of carboxylic acids is 1. The van der Waals surface area contributed by atoms with Crippen LogP contribution in [0.2, 0.25) is 0 Å². The Labute approximate surface area is 198 Å². The predicted octanol–water partition coefficient (Wildman–Crippen LogP) is 4.20. The highest BCUT2D eigenvalue weighted by Gasteiger charge is 2.24. The fraction of sp³-hybridized carbons (Fsp3) is 0.308. The van der Waals surface area contributed by atoms with Gasteiger partial charge >= 0.3 is 5.97 Å². The highest BCUT2D eigenvalue weighted by molar-refractivity contribution is 5.88. The number of rotatable bonds is 7. The Morgan fingerprint density at radius 3 is 3.00 bits per heavy atom. The molecule has 0 unspecified atom stereocenters. The molecule has 4 heterocycles. The van der Waals surface area contributed by atoms with E-state index in [0.29, 0.717) is 6.54 Å². The van der Waals surface area contributed by atoms with Gasteiger partial charge in [-0.2, -0.15) is 0 Å². The number of carboxylic acid groups (broad SMARTS) is 1. The molecular weight excluding hydrogens is 428 g/mol. The van der Waals surface area contributed by atoms with Crippen LogP contribution in [0.4, 0.5) is 5.69 Å². The van der Waals surface area contributed by atoms with Crippen molar-refractivity contribution in [2.45, 2.75) is 19.8 Å². The van der Waals surface area contributed by atoms with Crippen molar-refractivity contribution in [3.8, 4) is 22.6 Å². The molecule has 5 rings (SSSR count). The highest BCUT2D eigenvalue weighted by Crippen LogP contribution is 2.30. The first kappa shape index (κ1) is 22.0. The maximum absolute atomic E-state index is 11.3. The summed E-state index contributed by atoms with van der Waals surface area (Å²) in [5.41, 5.74) is 6.44. The molecule has 8 nitrogen and oxygen atoms in total. The van der Waals surface area contributed by atoms with Gasteiger partial charge in [0.15, 0.2) is 0 Å². The van der Waals surface area contributed by atoms with E-state index in [1.165, 1.54) is 0 Å². The van der Waals surface area contributed by atoms with Gasteiger partial charge in [0.2, 0.25) is 0 Å². The number of aliphatic carboxylic acids is 1. The van der Waals surface area contributed by atoms with Crippen LogP contribution >= 0.6 is 0 Å². The second-order valence-electron chi connectivity index (χ2n) is 8.83. The lowest BCUT2D eigenvalue weighted by atomic mass is 9.98. The molecule has 0 spiro atoms. The molecule has 4 aromatic rings. The summed E-state index contributed by atoms with van der Waals surface area (Å²) in [5, 5.41) is 13.8. The Morgan fingerprint density at radius 1 is 1.24 bits per heavy atom. The molecule has 1 aromatic carbocycles. The van der Waals surface area contributed by atoms with Crippen molar-refractivity contribution in [3.63, 3.8) is 0 Å². The summed E-state index contributed by atoms with van der Waals surface area (Å²) >= 11 is 0. The largest absolute Gasteiger partial charge is 0.481 e. The molecule has 1 saturated heterocycles. The molecule has 34 heavy (non-hydrogen) atoms. The van der Waals surface area contributed by atoms with Gasteiger partial charge in [-0.3, -0.25) is 14.8 Å². The second kappa shape index (κ2) is 9.61. The van der Waals surface area contributed by atoms with Crippen molar-refractivity contribution in [3.05, 3.63) is 60.7 Å². The Hall–Kier alpha value is -3.78. The molecule has 3 aromatic heterocycles. The number of aromatic amines is 1. The summed E-state index contributed by atoms with van der Waals surface area (Å²) < 4.78 is 0. The van der Waals surface area contributed by atoms with E-state index in [0.717, 1.165) is 77.4 Å². The van der Waals surface area contributed by atoms with E-state index in [9.17, 15) is 9.90 Å². The van der Waals surface area contributed by atoms with E-state index < -0.39 is 5.97 Å². The van der Waals surface area contributed by atoms with E-state index in [1.807, 2.05) is 43.5 Å². The lowest BCUT2D eigenvalue weighted by molar-refractivity contribution is -0.143. The Morgan fingerprint density at radius 2 is 2.15 bits per heavy atom. The van der Waals surface area contributed by atoms with Crippen molar-refractivity contribution >= 4 is 22.6 Å². The second-order valence-corrected chi connectivity index (χ2v) is 8.83. The number of aryl methyl sites for hydroxylation is 1. The number of likely N-dealkylation sites (tertiary alicyclic amines) is 1. The summed E-state index contributed by atoms with van der Waals surface area (Å²) in [6.07, 6.45) is 5.25. The van der Waals surface area contributed by atoms with Crippen LogP contribution in [-0.4, -0.2) is 62.1 Å². The zero-order valence-electron chi connectivity index (χ0n) is 19.2. The standard InChI is InChI=1S/C26H28N6O2/c1-17-4-2-6-23(31-17)25-24(29-16-30-25)18-7-8-22-20(12-18)13-21(14-28-22)27-9-11-32-10-3-5-19(15-32)26(33)34/h2,4,6-8,12-14,16,19,27H,3,5,9-11,15H2,1H3,(H,29,30)(H,33,34)/t19-/m1/s1. The van der Waals surface area contributed by atoms with E-state index in [2.05, 4.69) is 42.3 Å². The van der Waals surface area contributed by atoms with Gasteiger partial charge in [0.05, 0.1) is 46.7 Å². The fourth-order valence-corrected chi connectivity index (χ4v) is 4.58. The molecule has 1 fully saturated rings. The number of aromatic nitrogens is 4. The smallest absolute Gasteiger partial charge is 0.307 e. The number of anilines is 1. The third-order valence-corrected chi connectivity index (χ3v) is 6.35. The topological polar surface area (TPSA) is 107 Å². The van der Waals surface area contributed by atoms with Crippen molar-refractivity contribution in [2.75, 3.05) is 31.5 Å². The third-order valence-electron chi connectivity index (χ3n) is 6.35. The Bertz CT molecular complexity index is 1320. The van der Waals surface area contributed by atoms with E-state index in [1.54, 1.807) is 6.33 Å². The molecule has 0 bridgehead atoms. The van der Waals surface area contributed by atoms with Crippen LogP contribution in [0.25, 0.3) is 33.5 Å². The minimum atomic E-state index is -0.689. The van der Waals surface area contributed by atoms with Crippen LogP contribution in [0.15, 0.2) is 55.0 Å². The maximum Gasteiger partial charge on any atom is 0.307 e. The van der Waals surface area contributed by atoms with E-state index >= 15 is 0 Å². The fourth-order valence-electron chi connectivity index (χ4n) is 4.58. The molecule has 8 heteroatoms. The van der Waals surface area contributed by atoms with Crippen LogP contribution in [0.1, 0.15) is 18.5 Å².